The lowest BCUT2D eigenvalue weighted by Crippen LogP contribution is -2.39. The number of anilines is 1. The van der Waals surface area contributed by atoms with Crippen molar-refractivity contribution in [2.45, 2.75) is 39.0 Å². The molecule has 0 radical (unpaired) electrons. The second-order valence-corrected chi connectivity index (χ2v) is 8.65. The van der Waals surface area contributed by atoms with Gasteiger partial charge in [-0.2, -0.15) is 0 Å². The van der Waals surface area contributed by atoms with Crippen molar-refractivity contribution >= 4 is 38.2 Å². The molecule has 2 aliphatic heterocycles. The molecule has 4 rings (SSSR count). The third kappa shape index (κ3) is 2.76. The number of fused-ring (bicyclic) bond motifs is 3. The van der Waals surface area contributed by atoms with Crippen molar-refractivity contribution in [3.8, 4) is 0 Å². The summed E-state index contributed by atoms with van der Waals surface area (Å²) in [4.78, 5) is 16.5. The number of benzene rings is 1. The van der Waals surface area contributed by atoms with Gasteiger partial charge in [0.15, 0.2) is 0 Å². The van der Waals surface area contributed by atoms with Gasteiger partial charge in [0.25, 0.3) is 5.91 Å². The van der Waals surface area contributed by atoms with Crippen molar-refractivity contribution in [3.05, 3.63) is 50.3 Å². The smallest absolute Gasteiger partial charge is 0.256 e. The number of carbonyl (C=O) groups excluding carboxylic acids is 1. The van der Waals surface area contributed by atoms with Gasteiger partial charge < -0.3 is 10.6 Å². The van der Waals surface area contributed by atoms with E-state index in [1.54, 1.807) is 11.3 Å². The normalized spacial score (nSPS) is 20.3. The van der Waals surface area contributed by atoms with Gasteiger partial charge in [0.05, 0.1) is 5.56 Å². The third-order valence-corrected chi connectivity index (χ3v) is 6.42. The summed E-state index contributed by atoms with van der Waals surface area (Å²) in [5, 5.41) is 7.64. The van der Waals surface area contributed by atoms with Crippen LogP contribution >= 0.6 is 27.3 Å². The highest BCUT2D eigenvalue weighted by Crippen LogP contribution is 2.41. The van der Waals surface area contributed by atoms with Crippen LogP contribution in [0.2, 0.25) is 0 Å². The molecule has 4 nitrogen and oxygen atoms in total. The Kier molecular flexibility index (Phi) is 4.14. The van der Waals surface area contributed by atoms with Crippen LogP contribution in [0.1, 0.15) is 46.4 Å². The predicted octanol–water partition coefficient (Wildman–Crippen LogP) is 4.13. The lowest BCUT2D eigenvalue weighted by atomic mass is 9.99. The van der Waals surface area contributed by atoms with Crippen LogP contribution in [0.4, 0.5) is 5.00 Å². The molecule has 1 atom stereocenters. The number of halogens is 1. The van der Waals surface area contributed by atoms with Gasteiger partial charge in [0, 0.05) is 28.5 Å². The van der Waals surface area contributed by atoms with Crippen molar-refractivity contribution in [1.29, 1.82) is 0 Å². The molecule has 2 aliphatic rings. The maximum absolute atomic E-state index is 12.7. The third-order valence-electron chi connectivity index (χ3n) is 4.78. The average molecular weight is 406 g/mol. The number of hydrogen-bond acceptors (Lipinski definition) is 4. The summed E-state index contributed by atoms with van der Waals surface area (Å²) in [6, 6.07) is 8.58. The van der Waals surface area contributed by atoms with Crippen molar-refractivity contribution in [2.24, 2.45) is 0 Å². The van der Waals surface area contributed by atoms with E-state index in [0.717, 1.165) is 40.1 Å². The van der Waals surface area contributed by atoms with E-state index in [2.05, 4.69) is 45.3 Å². The van der Waals surface area contributed by atoms with Crippen molar-refractivity contribution in [1.82, 2.24) is 10.2 Å². The molecule has 0 aliphatic carbocycles. The number of amides is 1. The number of hydrogen-bond donors (Lipinski definition) is 2. The van der Waals surface area contributed by atoms with E-state index in [-0.39, 0.29) is 12.1 Å². The van der Waals surface area contributed by atoms with Gasteiger partial charge in [-0.15, -0.1) is 11.3 Å². The van der Waals surface area contributed by atoms with E-state index < -0.39 is 0 Å². The molecular formula is C18H20BrN3OS. The Hall–Kier alpha value is -1.37. The molecule has 3 heterocycles. The van der Waals surface area contributed by atoms with E-state index in [1.165, 1.54) is 10.4 Å². The average Bonchev–Trinajstić information content (AvgIpc) is 2.92. The molecular weight excluding hydrogens is 386 g/mol. The summed E-state index contributed by atoms with van der Waals surface area (Å²) in [7, 11) is 0. The Bertz CT molecular complexity index is 802. The maximum atomic E-state index is 12.7. The number of nitrogens with one attached hydrogen (secondary N) is 2. The minimum atomic E-state index is -0.177. The van der Waals surface area contributed by atoms with Gasteiger partial charge in [-0.1, -0.05) is 28.1 Å². The summed E-state index contributed by atoms with van der Waals surface area (Å²) < 4.78 is 1.01. The summed E-state index contributed by atoms with van der Waals surface area (Å²) in [5.74, 6) is 0.0456. The van der Waals surface area contributed by atoms with Gasteiger partial charge in [0.2, 0.25) is 0 Å². The molecule has 2 N–H and O–H groups in total. The zero-order valence-corrected chi connectivity index (χ0v) is 16.1. The van der Waals surface area contributed by atoms with Crippen LogP contribution in [0.15, 0.2) is 28.7 Å². The SMILES string of the molecule is CC(C)N1CCc2c(sc3c2C(=O)NC(c2cccc(Br)c2)N3)C1. The molecule has 1 aromatic heterocycles. The zero-order chi connectivity index (χ0) is 16.8. The Morgan fingerprint density at radius 3 is 2.92 bits per heavy atom. The Morgan fingerprint density at radius 1 is 1.33 bits per heavy atom. The van der Waals surface area contributed by atoms with Crippen LogP contribution in [0.3, 0.4) is 0 Å². The van der Waals surface area contributed by atoms with Crippen molar-refractivity contribution < 1.29 is 4.79 Å². The second kappa shape index (κ2) is 6.17. The molecule has 1 amide bonds. The largest absolute Gasteiger partial charge is 0.353 e. The fourth-order valence-corrected chi connectivity index (χ4v) is 5.14. The Labute approximate surface area is 154 Å². The summed E-state index contributed by atoms with van der Waals surface area (Å²) in [6.07, 6.45) is 0.777. The van der Waals surface area contributed by atoms with Crippen molar-refractivity contribution in [2.75, 3.05) is 11.9 Å². The number of thiophene rings is 1. The highest BCUT2D eigenvalue weighted by Gasteiger charge is 2.33. The van der Waals surface area contributed by atoms with Crippen LogP contribution in [0.25, 0.3) is 0 Å². The second-order valence-electron chi connectivity index (χ2n) is 6.63. The van der Waals surface area contributed by atoms with E-state index >= 15 is 0 Å². The van der Waals surface area contributed by atoms with Gasteiger partial charge in [-0.3, -0.25) is 9.69 Å². The van der Waals surface area contributed by atoms with Crippen molar-refractivity contribution in [3.63, 3.8) is 0 Å². The van der Waals surface area contributed by atoms with Crippen LogP contribution in [0, 0.1) is 0 Å². The Balaban J connectivity index is 1.66. The van der Waals surface area contributed by atoms with Gasteiger partial charge in [0.1, 0.15) is 11.2 Å². The topological polar surface area (TPSA) is 44.4 Å². The number of nitrogens with zero attached hydrogens (tertiary/aromatic N) is 1. The summed E-state index contributed by atoms with van der Waals surface area (Å²) in [6.45, 7) is 6.43. The molecule has 0 fully saturated rings. The monoisotopic (exact) mass is 405 g/mol. The van der Waals surface area contributed by atoms with Crippen LogP contribution in [-0.4, -0.2) is 23.4 Å². The molecule has 0 bridgehead atoms. The molecule has 2 aromatic rings. The van der Waals surface area contributed by atoms with E-state index in [4.69, 9.17) is 0 Å². The first-order valence-electron chi connectivity index (χ1n) is 8.24. The highest BCUT2D eigenvalue weighted by atomic mass is 79.9. The molecule has 6 heteroatoms. The fraction of sp³-hybridized carbons (Fsp3) is 0.389. The van der Waals surface area contributed by atoms with E-state index in [1.807, 2.05) is 24.3 Å². The lowest BCUT2D eigenvalue weighted by Gasteiger charge is -2.31. The summed E-state index contributed by atoms with van der Waals surface area (Å²) in [5.41, 5.74) is 3.16. The molecule has 0 saturated carbocycles. The minimum Gasteiger partial charge on any atom is -0.353 e. The quantitative estimate of drug-likeness (QED) is 0.788. The highest BCUT2D eigenvalue weighted by molar-refractivity contribution is 9.10. The first kappa shape index (κ1) is 16.1. The van der Waals surface area contributed by atoms with Crippen LogP contribution in [-0.2, 0) is 13.0 Å². The molecule has 1 unspecified atom stereocenters. The Morgan fingerprint density at radius 2 is 2.17 bits per heavy atom. The molecule has 1 aromatic carbocycles. The molecule has 0 saturated heterocycles. The first-order valence-corrected chi connectivity index (χ1v) is 9.85. The maximum Gasteiger partial charge on any atom is 0.256 e. The van der Waals surface area contributed by atoms with Crippen LogP contribution in [0.5, 0.6) is 0 Å². The van der Waals surface area contributed by atoms with E-state index in [9.17, 15) is 4.79 Å². The molecule has 126 valence electrons. The minimum absolute atomic E-state index is 0.0456. The van der Waals surface area contributed by atoms with Gasteiger partial charge in [-0.25, -0.2) is 0 Å². The zero-order valence-electron chi connectivity index (χ0n) is 13.7. The van der Waals surface area contributed by atoms with Gasteiger partial charge in [-0.05, 0) is 43.5 Å². The number of carbonyl (C=O) groups is 1. The molecule has 0 spiro atoms. The predicted molar refractivity (Wildman–Crippen MR) is 102 cm³/mol. The van der Waals surface area contributed by atoms with Crippen LogP contribution < -0.4 is 10.6 Å². The van der Waals surface area contributed by atoms with Gasteiger partial charge >= 0.3 is 0 Å². The summed E-state index contributed by atoms with van der Waals surface area (Å²) >= 11 is 5.24. The fourth-order valence-electron chi connectivity index (χ4n) is 3.43. The number of rotatable bonds is 2. The standard InChI is InChI=1S/C18H20BrN3OS/c1-10(2)22-7-6-13-14(9-22)24-18-15(13)17(23)20-16(21-18)11-4-3-5-12(19)8-11/h3-5,8,10,16,21H,6-7,9H2,1-2H3,(H,20,23). The lowest BCUT2D eigenvalue weighted by molar-refractivity contribution is 0.0934. The van der Waals surface area contributed by atoms with E-state index in [0.29, 0.717) is 6.04 Å². The first-order chi connectivity index (χ1) is 11.5. The molecule has 24 heavy (non-hydrogen) atoms.